The number of rotatable bonds is 9. The van der Waals surface area contributed by atoms with E-state index < -0.39 is 0 Å². The molecule has 0 radical (unpaired) electrons. The van der Waals surface area contributed by atoms with Gasteiger partial charge in [0.2, 0.25) is 5.91 Å². The second-order valence-corrected chi connectivity index (χ2v) is 8.48. The Labute approximate surface area is 180 Å². The Bertz CT molecular complexity index is 658. The second kappa shape index (κ2) is 11.9. The van der Waals surface area contributed by atoms with E-state index in [1.807, 2.05) is 35.2 Å². The molecule has 2 fully saturated rings. The highest BCUT2D eigenvalue weighted by molar-refractivity contribution is 5.84. The van der Waals surface area contributed by atoms with Crippen molar-refractivity contribution in [1.29, 1.82) is 0 Å². The van der Waals surface area contributed by atoms with Crippen LogP contribution in [-0.4, -0.2) is 73.7 Å². The Morgan fingerprint density at radius 3 is 2.53 bits per heavy atom. The van der Waals surface area contributed by atoms with Crippen LogP contribution in [0.5, 0.6) is 0 Å². The lowest BCUT2D eigenvalue weighted by molar-refractivity contribution is -0.133. The third-order valence-corrected chi connectivity index (χ3v) is 6.10. The molecule has 166 valence electrons. The number of hydrogen-bond acceptors (Lipinski definition) is 4. The van der Waals surface area contributed by atoms with E-state index in [2.05, 4.69) is 22.5 Å². The number of carbonyl (C=O) groups excluding carboxylic acids is 2. The van der Waals surface area contributed by atoms with E-state index in [0.717, 1.165) is 38.4 Å². The highest BCUT2D eigenvalue weighted by atomic mass is 16.5. The highest BCUT2D eigenvalue weighted by Crippen LogP contribution is 2.23. The molecule has 1 unspecified atom stereocenters. The van der Waals surface area contributed by atoms with Crippen molar-refractivity contribution in [2.24, 2.45) is 5.92 Å². The van der Waals surface area contributed by atoms with Crippen LogP contribution in [0.3, 0.4) is 0 Å². The number of nitrogens with zero attached hydrogens (tertiary/aromatic N) is 2. The van der Waals surface area contributed by atoms with Crippen molar-refractivity contribution in [2.75, 3.05) is 45.9 Å². The second-order valence-electron chi connectivity index (χ2n) is 8.48. The lowest BCUT2D eigenvalue weighted by Crippen LogP contribution is -2.51. The minimum absolute atomic E-state index is 0.0107. The maximum atomic E-state index is 13.0. The van der Waals surface area contributed by atoms with Gasteiger partial charge in [0.15, 0.2) is 0 Å². The van der Waals surface area contributed by atoms with Gasteiger partial charge < -0.3 is 20.3 Å². The minimum Gasteiger partial charge on any atom is -0.379 e. The molecule has 1 atom stereocenters. The van der Waals surface area contributed by atoms with Gasteiger partial charge in [0, 0.05) is 38.8 Å². The molecule has 1 aliphatic heterocycles. The zero-order chi connectivity index (χ0) is 21.2. The molecule has 3 rings (SSSR count). The van der Waals surface area contributed by atoms with E-state index >= 15 is 0 Å². The Kier molecular flexibility index (Phi) is 8.96. The van der Waals surface area contributed by atoms with E-state index in [0.29, 0.717) is 19.0 Å². The van der Waals surface area contributed by atoms with E-state index in [1.54, 1.807) is 0 Å². The summed E-state index contributed by atoms with van der Waals surface area (Å²) in [5.41, 5.74) is 1.09. The topological polar surface area (TPSA) is 73.9 Å². The first-order chi connectivity index (χ1) is 14.6. The average molecular weight is 417 g/mol. The van der Waals surface area contributed by atoms with Gasteiger partial charge in [-0.1, -0.05) is 43.2 Å². The van der Waals surface area contributed by atoms with Crippen LogP contribution in [0.15, 0.2) is 30.3 Å². The summed E-state index contributed by atoms with van der Waals surface area (Å²) in [6.45, 7) is 7.38. The predicted octanol–water partition coefficient (Wildman–Crippen LogP) is 2.23. The number of benzene rings is 1. The molecular formula is C23H36N4O3. The van der Waals surface area contributed by atoms with Crippen LogP contribution in [0.4, 0.5) is 4.79 Å². The van der Waals surface area contributed by atoms with Gasteiger partial charge in [-0.05, 0) is 31.2 Å². The summed E-state index contributed by atoms with van der Waals surface area (Å²) in [7, 11) is 0. The van der Waals surface area contributed by atoms with E-state index in [1.165, 1.54) is 25.7 Å². The summed E-state index contributed by atoms with van der Waals surface area (Å²) in [4.78, 5) is 29.4. The van der Waals surface area contributed by atoms with E-state index in [4.69, 9.17) is 4.74 Å². The fourth-order valence-corrected chi connectivity index (χ4v) is 4.30. The Morgan fingerprint density at radius 1 is 1.13 bits per heavy atom. The summed E-state index contributed by atoms with van der Waals surface area (Å²) < 4.78 is 5.43. The zero-order valence-electron chi connectivity index (χ0n) is 18.1. The monoisotopic (exact) mass is 416 g/mol. The van der Waals surface area contributed by atoms with Crippen molar-refractivity contribution in [3.63, 3.8) is 0 Å². The van der Waals surface area contributed by atoms with E-state index in [9.17, 15) is 9.59 Å². The SMILES string of the molecule is CC(CN1CCOCC1)N(Cc1ccccc1)C(=O)CNC(=O)NCC1CCCC1. The van der Waals surface area contributed by atoms with Crippen LogP contribution in [0, 0.1) is 5.92 Å². The summed E-state index contributed by atoms with van der Waals surface area (Å²) in [5.74, 6) is 0.519. The molecule has 1 aromatic carbocycles. The highest BCUT2D eigenvalue weighted by Gasteiger charge is 2.24. The van der Waals surface area contributed by atoms with Gasteiger partial charge in [-0.3, -0.25) is 9.69 Å². The van der Waals surface area contributed by atoms with Crippen LogP contribution < -0.4 is 10.6 Å². The van der Waals surface area contributed by atoms with Crippen molar-refractivity contribution in [3.05, 3.63) is 35.9 Å². The van der Waals surface area contributed by atoms with Crippen LogP contribution in [0.1, 0.15) is 38.2 Å². The van der Waals surface area contributed by atoms with Crippen molar-refractivity contribution in [3.8, 4) is 0 Å². The van der Waals surface area contributed by atoms with Gasteiger partial charge in [-0.25, -0.2) is 4.79 Å². The number of amides is 3. The molecule has 30 heavy (non-hydrogen) atoms. The van der Waals surface area contributed by atoms with Crippen molar-refractivity contribution in [2.45, 2.75) is 45.2 Å². The largest absolute Gasteiger partial charge is 0.379 e. The molecule has 1 heterocycles. The molecule has 7 nitrogen and oxygen atoms in total. The lowest BCUT2D eigenvalue weighted by atomic mass is 10.1. The zero-order valence-corrected chi connectivity index (χ0v) is 18.1. The number of hydrogen-bond donors (Lipinski definition) is 2. The van der Waals surface area contributed by atoms with Crippen LogP contribution >= 0.6 is 0 Å². The standard InChI is InChI=1S/C23H36N4O3/c1-19(17-26-11-13-30-14-12-26)27(18-21-9-3-2-4-10-21)22(28)16-25-23(29)24-15-20-7-5-6-8-20/h2-4,9-10,19-20H,5-8,11-18H2,1H3,(H2,24,25,29). The quantitative estimate of drug-likeness (QED) is 0.647. The number of urea groups is 1. The molecule has 2 aliphatic rings. The van der Waals surface area contributed by atoms with Gasteiger partial charge >= 0.3 is 6.03 Å². The number of nitrogens with one attached hydrogen (secondary N) is 2. The third-order valence-electron chi connectivity index (χ3n) is 6.10. The van der Waals surface area contributed by atoms with Crippen molar-refractivity contribution >= 4 is 11.9 Å². The Morgan fingerprint density at radius 2 is 1.83 bits per heavy atom. The fraction of sp³-hybridized carbons (Fsp3) is 0.652. The summed E-state index contributed by atoms with van der Waals surface area (Å²) in [6.07, 6.45) is 4.87. The predicted molar refractivity (Wildman–Crippen MR) is 117 cm³/mol. The van der Waals surface area contributed by atoms with Gasteiger partial charge in [-0.15, -0.1) is 0 Å². The first-order valence-electron chi connectivity index (χ1n) is 11.3. The van der Waals surface area contributed by atoms with Gasteiger partial charge in [-0.2, -0.15) is 0 Å². The molecule has 1 aliphatic carbocycles. The summed E-state index contributed by atoms with van der Waals surface area (Å²) in [6, 6.07) is 9.80. The Hall–Kier alpha value is -2.12. The maximum absolute atomic E-state index is 13.0. The lowest BCUT2D eigenvalue weighted by Gasteiger charge is -2.35. The maximum Gasteiger partial charge on any atom is 0.315 e. The number of ether oxygens (including phenoxy) is 1. The molecule has 7 heteroatoms. The molecule has 1 saturated carbocycles. The molecule has 3 amide bonds. The molecular weight excluding hydrogens is 380 g/mol. The summed E-state index contributed by atoms with van der Waals surface area (Å²) >= 11 is 0. The molecule has 0 bridgehead atoms. The number of morpholine rings is 1. The van der Waals surface area contributed by atoms with E-state index in [-0.39, 0.29) is 24.5 Å². The van der Waals surface area contributed by atoms with Gasteiger partial charge in [0.25, 0.3) is 0 Å². The van der Waals surface area contributed by atoms with Crippen molar-refractivity contribution in [1.82, 2.24) is 20.4 Å². The molecule has 1 aromatic rings. The first kappa shape index (κ1) is 22.6. The average Bonchev–Trinajstić information content (AvgIpc) is 3.29. The van der Waals surface area contributed by atoms with Crippen molar-refractivity contribution < 1.29 is 14.3 Å². The minimum atomic E-state index is -0.254. The van der Waals surface area contributed by atoms with Crippen LogP contribution in [0.2, 0.25) is 0 Å². The van der Waals surface area contributed by atoms with Crippen LogP contribution in [0.25, 0.3) is 0 Å². The fourth-order valence-electron chi connectivity index (χ4n) is 4.30. The summed E-state index contributed by atoms with van der Waals surface area (Å²) in [5, 5.41) is 5.68. The smallest absolute Gasteiger partial charge is 0.315 e. The van der Waals surface area contributed by atoms with Gasteiger partial charge in [0.1, 0.15) is 0 Å². The Balaban J connectivity index is 1.52. The molecule has 0 spiro atoms. The molecule has 1 saturated heterocycles. The van der Waals surface area contributed by atoms with Gasteiger partial charge in [0.05, 0.1) is 19.8 Å². The molecule has 2 N–H and O–H groups in total. The molecule has 0 aromatic heterocycles. The normalized spacial score (nSPS) is 18.7. The first-order valence-corrected chi connectivity index (χ1v) is 11.3. The van der Waals surface area contributed by atoms with Crippen LogP contribution in [-0.2, 0) is 16.1 Å². The third kappa shape index (κ3) is 7.29. The number of carbonyl (C=O) groups is 2.